The minimum atomic E-state index is -5.01. The molecule has 2 aromatic rings. The second-order valence-corrected chi connectivity index (χ2v) is 14.0. The van der Waals surface area contributed by atoms with E-state index in [9.17, 15) is 55.5 Å². The Morgan fingerprint density at radius 3 is 1.38 bits per heavy atom. The lowest BCUT2D eigenvalue weighted by atomic mass is 10.0. The molecule has 0 bridgehead atoms. The molecule has 0 unspecified atom stereocenters. The molecule has 6 N–H and O–H groups in total. The minimum absolute atomic E-state index is 0.105. The molecule has 56 heavy (non-hydrogen) atoms. The highest BCUT2D eigenvalue weighted by Gasteiger charge is 2.22. The van der Waals surface area contributed by atoms with Crippen molar-refractivity contribution < 1.29 is 65.7 Å². The first-order chi connectivity index (χ1) is 26.3. The van der Waals surface area contributed by atoms with Crippen molar-refractivity contribution >= 4 is 90.1 Å². The lowest BCUT2D eigenvalue weighted by Crippen LogP contribution is -2.18. The summed E-state index contributed by atoms with van der Waals surface area (Å²) in [6, 6.07) is 6.21. The lowest BCUT2D eigenvalue weighted by Gasteiger charge is -2.15. The summed E-state index contributed by atoms with van der Waals surface area (Å²) in [4.78, 5) is 44.2. The molecule has 3 aliphatic rings. The summed E-state index contributed by atoms with van der Waals surface area (Å²) in [6.07, 6.45) is 14.0. The van der Waals surface area contributed by atoms with Crippen LogP contribution in [0.2, 0.25) is 0 Å². The first kappa shape index (κ1) is 40.1. The molecule has 0 fully saturated rings. The Hall–Kier alpha value is -7.08. The Balaban J connectivity index is 1.37. The number of carboxylic acid groups (broad SMARTS) is 2. The largest absolute Gasteiger partial charge is 0.478 e. The number of carbonyl (C=O) groups is 4. The van der Waals surface area contributed by atoms with Gasteiger partial charge in [-0.05, 0) is 96.2 Å². The normalized spacial score (nSPS) is 17.1. The Morgan fingerprint density at radius 2 is 0.929 bits per heavy atom. The zero-order chi connectivity index (χ0) is 40.9. The molecular weight excluding hydrogens is 781 g/mol. The Morgan fingerprint density at radius 1 is 0.554 bits per heavy atom. The van der Waals surface area contributed by atoms with E-state index < -0.39 is 64.7 Å². The van der Waals surface area contributed by atoms with Gasteiger partial charge in [0, 0.05) is 0 Å². The van der Waals surface area contributed by atoms with Crippen LogP contribution in [0.1, 0.15) is 11.1 Å². The third-order valence-corrected chi connectivity index (χ3v) is 9.21. The van der Waals surface area contributed by atoms with E-state index in [4.69, 9.17) is 10.2 Å². The number of benzene rings is 2. The molecule has 22 heteroatoms. The van der Waals surface area contributed by atoms with Gasteiger partial charge in [-0.3, -0.25) is 29.1 Å². The molecular formula is C34H24N6O14S2. The second kappa shape index (κ2) is 16.1. The zero-order valence-corrected chi connectivity index (χ0v) is 29.5. The fraction of sp³-hybridized carbons (Fsp3) is 0. The van der Waals surface area contributed by atoms with E-state index in [0.29, 0.717) is 5.17 Å². The van der Waals surface area contributed by atoms with Crippen molar-refractivity contribution in [3.05, 3.63) is 119 Å². The van der Waals surface area contributed by atoms with Gasteiger partial charge in [0.25, 0.3) is 20.2 Å². The summed E-state index contributed by atoms with van der Waals surface area (Å²) in [6.45, 7) is 0. The summed E-state index contributed by atoms with van der Waals surface area (Å²) in [5.74, 6) is -4.48. The topological polar surface area (TPSA) is 314 Å². The van der Waals surface area contributed by atoms with Crippen molar-refractivity contribution in [2.75, 3.05) is 10.3 Å². The Labute approximate surface area is 315 Å². The highest BCUT2D eigenvalue weighted by molar-refractivity contribution is 7.86. The number of ketones is 2. The van der Waals surface area contributed by atoms with Crippen LogP contribution in [-0.4, -0.2) is 92.9 Å². The van der Waals surface area contributed by atoms with Crippen LogP contribution < -0.4 is 10.3 Å². The monoisotopic (exact) mass is 804 g/mol. The van der Waals surface area contributed by atoms with Crippen molar-refractivity contribution in [1.29, 1.82) is 0 Å². The summed E-state index contributed by atoms with van der Waals surface area (Å²) < 4.78 is 69.1. The number of nitrogens with zero attached hydrogens (tertiary/aromatic N) is 6. The molecule has 2 aromatic carbocycles. The fourth-order valence-electron chi connectivity index (χ4n) is 4.73. The third kappa shape index (κ3) is 9.71. The second-order valence-electron chi connectivity index (χ2n) is 11.2. The van der Waals surface area contributed by atoms with Crippen LogP contribution in [0.5, 0.6) is 0 Å². The molecule has 0 heterocycles. The van der Waals surface area contributed by atoms with Crippen molar-refractivity contribution in [3.8, 4) is 0 Å². The standard InChI is InChI=1S/C34H24N6O14S2/c41-29-13-9-23(15-27(29)33(43)44)36-35-21-5-7-22(8-6-21)37-39(47)25-11-3-19(31(17-25)55(49,50)51)1-2-20-4-12-26(18-32(20)56(52,53)54)40(48)38-24-10-14-30(42)28(16-24)34(45)46/h1-18,47-48H,(H,43,44)(H,45,46)(H,49,50,51)(H,52,53,54)/b2-1+,35-21?,36-23-,37-22?,38-24-. The van der Waals surface area contributed by atoms with Gasteiger partial charge in [0.05, 0.1) is 34.2 Å². The quantitative estimate of drug-likeness (QED) is 0.0625. The first-order valence-electron chi connectivity index (χ1n) is 15.2. The Bertz CT molecular complexity index is 2650. The maximum absolute atomic E-state index is 12.3. The van der Waals surface area contributed by atoms with E-state index >= 15 is 0 Å². The molecule has 0 amide bonds. The number of hydrazone groups is 2. The van der Waals surface area contributed by atoms with Crippen molar-refractivity contribution in [1.82, 2.24) is 0 Å². The lowest BCUT2D eigenvalue weighted by molar-refractivity contribution is -0.135. The number of aliphatic carboxylic acids is 2. The average Bonchev–Trinajstić information content (AvgIpc) is 3.13. The van der Waals surface area contributed by atoms with Crippen LogP contribution in [0.15, 0.2) is 139 Å². The van der Waals surface area contributed by atoms with Gasteiger partial charge >= 0.3 is 11.9 Å². The van der Waals surface area contributed by atoms with Crippen LogP contribution in [0.4, 0.5) is 11.4 Å². The van der Waals surface area contributed by atoms with Gasteiger partial charge in [-0.15, -0.1) is 20.5 Å². The highest BCUT2D eigenvalue weighted by Crippen LogP contribution is 2.28. The number of rotatable bonds is 11. The summed E-state index contributed by atoms with van der Waals surface area (Å²) in [5.41, 5.74) is -1.82. The molecule has 5 rings (SSSR count). The van der Waals surface area contributed by atoms with Crippen LogP contribution in [0.25, 0.3) is 12.2 Å². The van der Waals surface area contributed by atoms with E-state index in [1.165, 1.54) is 36.4 Å². The van der Waals surface area contributed by atoms with Gasteiger partial charge in [0.15, 0.2) is 11.6 Å². The predicted octanol–water partition coefficient (Wildman–Crippen LogP) is 2.68. The van der Waals surface area contributed by atoms with E-state index in [1.54, 1.807) is 0 Å². The van der Waals surface area contributed by atoms with Gasteiger partial charge in [-0.25, -0.2) is 9.59 Å². The summed E-state index contributed by atoms with van der Waals surface area (Å²) in [7, 11) is -10.0. The van der Waals surface area contributed by atoms with E-state index in [0.717, 1.165) is 72.9 Å². The molecule has 0 saturated heterocycles. The molecule has 0 aliphatic heterocycles. The molecule has 0 radical (unpaired) electrons. The molecule has 0 saturated carbocycles. The van der Waals surface area contributed by atoms with Crippen molar-refractivity contribution in [2.24, 2.45) is 20.4 Å². The predicted molar refractivity (Wildman–Crippen MR) is 198 cm³/mol. The minimum Gasteiger partial charge on any atom is -0.478 e. The Kier molecular flexibility index (Phi) is 11.5. The number of carbonyl (C=O) groups excluding carboxylic acids is 2. The van der Waals surface area contributed by atoms with E-state index in [1.807, 2.05) is 0 Å². The van der Waals surface area contributed by atoms with Gasteiger partial charge in [-0.1, -0.05) is 24.3 Å². The fourth-order valence-corrected chi connectivity index (χ4v) is 6.13. The van der Waals surface area contributed by atoms with Crippen molar-refractivity contribution in [2.45, 2.75) is 9.79 Å². The molecule has 0 atom stereocenters. The number of hydrogen-bond donors (Lipinski definition) is 6. The van der Waals surface area contributed by atoms with E-state index in [-0.39, 0.29) is 50.5 Å². The van der Waals surface area contributed by atoms with Gasteiger partial charge < -0.3 is 10.2 Å². The third-order valence-electron chi connectivity index (χ3n) is 7.39. The number of allylic oxidation sites excluding steroid dienone is 10. The molecule has 3 aliphatic carbocycles. The summed E-state index contributed by atoms with van der Waals surface area (Å²) in [5, 5.41) is 55.2. The maximum atomic E-state index is 12.3. The van der Waals surface area contributed by atoms with Crippen LogP contribution in [0, 0.1) is 0 Å². The smallest absolute Gasteiger partial charge is 0.339 e. The first-order valence-corrected chi connectivity index (χ1v) is 18.1. The van der Waals surface area contributed by atoms with Gasteiger partial charge in [-0.2, -0.15) is 27.0 Å². The van der Waals surface area contributed by atoms with Crippen LogP contribution >= 0.6 is 0 Å². The van der Waals surface area contributed by atoms with E-state index in [2.05, 4.69) is 20.4 Å². The molecule has 286 valence electrons. The van der Waals surface area contributed by atoms with Gasteiger partial charge in [0.2, 0.25) is 0 Å². The zero-order valence-electron chi connectivity index (χ0n) is 27.8. The van der Waals surface area contributed by atoms with Crippen molar-refractivity contribution in [3.63, 3.8) is 0 Å². The molecule has 0 spiro atoms. The van der Waals surface area contributed by atoms with Gasteiger partial charge in [0.1, 0.15) is 20.9 Å². The summed E-state index contributed by atoms with van der Waals surface area (Å²) >= 11 is 0. The maximum Gasteiger partial charge on any atom is 0.339 e. The number of carboxylic acids is 2. The number of hydrogen-bond acceptors (Lipinski definition) is 16. The number of anilines is 2. The average molecular weight is 805 g/mol. The molecule has 0 aromatic heterocycles. The molecule has 20 nitrogen and oxygen atoms in total. The van der Waals surface area contributed by atoms with Crippen LogP contribution in [-0.2, 0) is 39.4 Å². The highest BCUT2D eigenvalue weighted by atomic mass is 32.2. The van der Waals surface area contributed by atoms with Crippen LogP contribution in [0.3, 0.4) is 0 Å². The SMILES string of the molecule is O=C(O)C1=C/C(=N\N=C2C=CC(=NN(O)c3ccc(/C=C/c4ccc(N(O)/N=C5/C=CC(=O)C(C(=O)O)=C5)cc4S(=O)(=O)O)c(S(=O)(=O)O)c3)C=C2)C=CC1=O.